The summed E-state index contributed by atoms with van der Waals surface area (Å²) in [5.41, 5.74) is 8.09. The second kappa shape index (κ2) is 7.30. The highest BCUT2D eigenvalue weighted by Gasteiger charge is 2.16. The third kappa shape index (κ3) is 3.72. The summed E-state index contributed by atoms with van der Waals surface area (Å²) >= 11 is 0. The SMILES string of the molecule is NC(=NO)c1ccc(COC2CCCCO2)cc1-c1ccco1. The molecular formula is C17H20N2O4. The molecular weight excluding hydrogens is 296 g/mol. The van der Waals surface area contributed by atoms with Gasteiger partial charge in [0.25, 0.3) is 0 Å². The Labute approximate surface area is 134 Å². The lowest BCUT2D eigenvalue weighted by Crippen LogP contribution is -2.22. The molecule has 1 saturated heterocycles. The van der Waals surface area contributed by atoms with Crippen molar-refractivity contribution in [3.63, 3.8) is 0 Å². The number of ether oxygens (including phenoxy) is 2. The van der Waals surface area contributed by atoms with Crippen molar-refractivity contribution >= 4 is 5.84 Å². The molecule has 0 saturated carbocycles. The molecule has 1 unspecified atom stereocenters. The lowest BCUT2D eigenvalue weighted by atomic mass is 10.0. The number of furan rings is 1. The maximum absolute atomic E-state index is 8.94. The van der Waals surface area contributed by atoms with Crippen LogP contribution in [0.3, 0.4) is 0 Å². The van der Waals surface area contributed by atoms with Gasteiger partial charge in [0.2, 0.25) is 0 Å². The van der Waals surface area contributed by atoms with E-state index in [9.17, 15) is 0 Å². The van der Waals surface area contributed by atoms with Gasteiger partial charge < -0.3 is 24.8 Å². The number of oxime groups is 1. The quantitative estimate of drug-likeness (QED) is 0.383. The van der Waals surface area contributed by atoms with Gasteiger partial charge >= 0.3 is 0 Å². The molecule has 0 bridgehead atoms. The van der Waals surface area contributed by atoms with E-state index in [1.807, 2.05) is 18.2 Å². The van der Waals surface area contributed by atoms with Crippen LogP contribution in [-0.4, -0.2) is 23.9 Å². The molecule has 3 rings (SSSR count). The molecule has 1 aromatic heterocycles. The monoisotopic (exact) mass is 316 g/mol. The van der Waals surface area contributed by atoms with Crippen LogP contribution in [0.2, 0.25) is 0 Å². The van der Waals surface area contributed by atoms with Crippen LogP contribution in [0.5, 0.6) is 0 Å². The Kier molecular flexibility index (Phi) is 4.95. The highest BCUT2D eigenvalue weighted by molar-refractivity contribution is 6.02. The number of amidine groups is 1. The van der Waals surface area contributed by atoms with Crippen LogP contribution in [0.1, 0.15) is 30.4 Å². The van der Waals surface area contributed by atoms with Gasteiger partial charge in [0, 0.05) is 17.7 Å². The molecule has 0 radical (unpaired) electrons. The van der Waals surface area contributed by atoms with Gasteiger partial charge in [-0.15, -0.1) is 0 Å². The second-order valence-corrected chi connectivity index (χ2v) is 5.45. The summed E-state index contributed by atoms with van der Waals surface area (Å²) in [6.45, 7) is 1.19. The smallest absolute Gasteiger partial charge is 0.170 e. The Hall–Kier alpha value is -2.31. The van der Waals surface area contributed by atoms with Crippen molar-refractivity contribution in [3.05, 3.63) is 47.7 Å². The van der Waals surface area contributed by atoms with Gasteiger partial charge in [0.15, 0.2) is 12.1 Å². The normalized spacial score (nSPS) is 19.0. The average Bonchev–Trinajstić information content (AvgIpc) is 3.14. The standard InChI is InChI=1S/C17H20N2O4/c18-17(19-20)13-7-6-12(10-14(13)15-4-3-9-21-15)11-23-16-5-1-2-8-22-16/h3-4,6-7,9-10,16,20H,1-2,5,8,11H2,(H2,18,19). The van der Waals surface area contributed by atoms with E-state index in [-0.39, 0.29) is 12.1 Å². The number of hydrogen-bond donors (Lipinski definition) is 2. The lowest BCUT2D eigenvalue weighted by Gasteiger charge is -2.22. The summed E-state index contributed by atoms with van der Waals surface area (Å²) in [6, 6.07) is 9.24. The van der Waals surface area contributed by atoms with Crippen LogP contribution in [-0.2, 0) is 16.1 Å². The molecule has 0 amide bonds. The molecule has 3 N–H and O–H groups in total. The Morgan fingerprint density at radius 2 is 2.26 bits per heavy atom. The number of benzene rings is 1. The van der Waals surface area contributed by atoms with Crippen LogP contribution < -0.4 is 5.73 Å². The van der Waals surface area contributed by atoms with Crippen LogP contribution in [0.15, 0.2) is 46.2 Å². The van der Waals surface area contributed by atoms with E-state index in [1.54, 1.807) is 18.4 Å². The van der Waals surface area contributed by atoms with E-state index >= 15 is 0 Å². The first-order chi connectivity index (χ1) is 11.3. The van der Waals surface area contributed by atoms with Crippen LogP contribution in [0.25, 0.3) is 11.3 Å². The minimum atomic E-state index is -0.139. The van der Waals surface area contributed by atoms with Crippen molar-refractivity contribution in [1.29, 1.82) is 0 Å². The van der Waals surface area contributed by atoms with Gasteiger partial charge in [-0.3, -0.25) is 0 Å². The molecule has 1 aliphatic heterocycles. The van der Waals surface area contributed by atoms with Gasteiger partial charge in [-0.05, 0) is 43.0 Å². The van der Waals surface area contributed by atoms with Crippen molar-refractivity contribution in [2.24, 2.45) is 10.9 Å². The molecule has 6 heteroatoms. The molecule has 1 aliphatic rings. The Bertz CT molecular complexity index is 661. The van der Waals surface area contributed by atoms with Gasteiger partial charge in [-0.25, -0.2) is 0 Å². The largest absolute Gasteiger partial charge is 0.464 e. The molecule has 2 aromatic rings. The first-order valence-electron chi connectivity index (χ1n) is 7.66. The molecule has 0 spiro atoms. The number of hydrogen-bond acceptors (Lipinski definition) is 5. The zero-order valence-electron chi connectivity index (χ0n) is 12.8. The van der Waals surface area contributed by atoms with Crippen molar-refractivity contribution in [2.45, 2.75) is 32.2 Å². The van der Waals surface area contributed by atoms with Crippen molar-refractivity contribution < 1.29 is 19.1 Å². The second-order valence-electron chi connectivity index (χ2n) is 5.45. The molecule has 2 heterocycles. The third-order valence-electron chi connectivity index (χ3n) is 3.83. The highest BCUT2D eigenvalue weighted by atomic mass is 16.7. The fourth-order valence-electron chi connectivity index (χ4n) is 2.63. The number of rotatable bonds is 5. The van der Waals surface area contributed by atoms with E-state index < -0.39 is 0 Å². The first kappa shape index (κ1) is 15.6. The van der Waals surface area contributed by atoms with Crippen LogP contribution in [0, 0.1) is 0 Å². The van der Waals surface area contributed by atoms with E-state index in [2.05, 4.69) is 5.16 Å². The average molecular weight is 316 g/mol. The third-order valence-corrected chi connectivity index (χ3v) is 3.83. The summed E-state index contributed by atoms with van der Waals surface area (Å²) in [5, 5.41) is 12.0. The maximum atomic E-state index is 8.94. The van der Waals surface area contributed by atoms with Crippen molar-refractivity contribution in [2.75, 3.05) is 6.61 Å². The Morgan fingerprint density at radius 1 is 1.35 bits per heavy atom. The summed E-state index contributed by atoms with van der Waals surface area (Å²) in [4.78, 5) is 0. The zero-order valence-corrected chi connectivity index (χ0v) is 12.8. The minimum Gasteiger partial charge on any atom is -0.464 e. The van der Waals surface area contributed by atoms with E-state index in [4.69, 9.17) is 24.8 Å². The molecule has 0 aliphatic carbocycles. The first-order valence-corrected chi connectivity index (χ1v) is 7.66. The molecule has 6 nitrogen and oxygen atoms in total. The van der Waals surface area contributed by atoms with Gasteiger partial charge in [-0.2, -0.15) is 0 Å². The predicted octanol–water partition coefficient (Wildman–Crippen LogP) is 3.08. The van der Waals surface area contributed by atoms with Gasteiger partial charge in [0.1, 0.15) is 5.76 Å². The fourth-order valence-corrected chi connectivity index (χ4v) is 2.63. The highest BCUT2D eigenvalue weighted by Crippen LogP contribution is 2.26. The zero-order chi connectivity index (χ0) is 16.1. The maximum Gasteiger partial charge on any atom is 0.170 e. The van der Waals surface area contributed by atoms with Gasteiger partial charge in [-0.1, -0.05) is 17.3 Å². The summed E-state index contributed by atoms with van der Waals surface area (Å²) in [6.07, 6.45) is 4.60. The van der Waals surface area contributed by atoms with Crippen molar-refractivity contribution in [3.8, 4) is 11.3 Å². The van der Waals surface area contributed by atoms with Gasteiger partial charge in [0.05, 0.1) is 12.9 Å². The summed E-state index contributed by atoms with van der Waals surface area (Å²) in [5.74, 6) is 0.696. The summed E-state index contributed by atoms with van der Waals surface area (Å²) < 4.78 is 16.8. The molecule has 23 heavy (non-hydrogen) atoms. The fraction of sp³-hybridized carbons (Fsp3) is 0.353. The van der Waals surface area contributed by atoms with Crippen molar-refractivity contribution in [1.82, 2.24) is 0 Å². The lowest BCUT2D eigenvalue weighted by molar-refractivity contribution is -0.168. The van der Waals surface area contributed by atoms with E-state index in [0.717, 1.165) is 37.0 Å². The Balaban J connectivity index is 1.80. The van der Waals surface area contributed by atoms with E-state index in [0.29, 0.717) is 17.9 Å². The number of nitrogens with two attached hydrogens (primary N) is 1. The Morgan fingerprint density at radius 3 is 2.96 bits per heavy atom. The molecule has 1 aromatic carbocycles. The summed E-state index contributed by atoms with van der Waals surface area (Å²) in [7, 11) is 0. The molecule has 122 valence electrons. The predicted molar refractivity (Wildman–Crippen MR) is 85.0 cm³/mol. The molecule has 1 fully saturated rings. The van der Waals surface area contributed by atoms with Crippen LogP contribution in [0.4, 0.5) is 0 Å². The minimum absolute atomic E-state index is 0.0412. The van der Waals surface area contributed by atoms with Crippen LogP contribution >= 0.6 is 0 Å². The molecule has 1 atom stereocenters. The van der Waals surface area contributed by atoms with E-state index in [1.165, 1.54) is 0 Å². The number of nitrogens with zero attached hydrogens (tertiary/aromatic N) is 1. The topological polar surface area (TPSA) is 90.2 Å².